The number of carbonyl (C=O) groups excluding carboxylic acids is 1. The maximum atomic E-state index is 12.2. The highest BCUT2D eigenvalue weighted by Crippen LogP contribution is 2.19. The van der Waals surface area contributed by atoms with Gasteiger partial charge in [-0.05, 0) is 38.8 Å². The summed E-state index contributed by atoms with van der Waals surface area (Å²) in [5.41, 5.74) is 3.14. The van der Waals surface area contributed by atoms with Crippen molar-refractivity contribution in [3.05, 3.63) is 29.3 Å². The Kier molecular flexibility index (Phi) is 4.78. The second kappa shape index (κ2) is 6.37. The first-order valence-corrected chi connectivity index (χ1v) is 7.19. The van der Waals surface area contributed by atoms with Gasteiger partial charge in [-0.2, -0.15) is 0 Å². The van der Waals surface area contributed by atoms with Gasteiger partial charge in [0.05, 0.1) is 18.8 Å². The van der Waals surface area contributed by atoms with Crippen LogP contribution in [0.15, 0.2) is 18.2 Å². The molecule has 1 N–H and O–H groups in total. The second-order valence-corrected chi connectivity index (χ2v) is 5.77. The van der Waals surface area contributed by atoms with E-state index in [9.17, 15) is 4.79 Å². The lowest BCUT2D eigenvalue weighted by Crippen LogP contribution is -2.48. The molecule has 0 spiro atoms. The molecule has 1 heterocycles. The molecular formula is C16H24N2O2. The van der Waals surface area contributed by atoms with E-state index in [0.717, 1.165) is 29.9 Å². The third-order valence-electron chi connectivity index (χ3n) is 3.61. The molecule has 0 bridgehead atoms. The highest BCUT2D eigenvalue weighted by molar-refractivity contribution is 5.93. The zero-order valence-corrected chi connectivity index (χ0v) is 12.8. The number of para-hydroxylation sites is 1. The summed E-state index contributed by atoms with van der Waals surface area (Å²) in [5.74, 6) is 0.0451. The maximum absolute atomic E-state index is 12.2. The number of ether oxygens (including phenoxy) is 1. The highest BCUT2D eigenvalue weighted by atomic mass is 16.5. The summed E-state index contributed by atoms with van der Waals surface area (Å²) in [4.78, 5) is 14.4. The van der Waals surface area contributed by atoms with Crippen LogP contribution in [0, 0.1) is 13.8 Å². The first kappa shape index (κ1) is 15.0. The topological polar surface area (TPSA) is 41.6 Å². The summed E-state index contributed by atoms with van der Waals surface area (Å²) in [5, 5.41) is 3.03. The third-order valence-corrected chi connectivity index (χ3v) is 3.61. The average molecular weight is 276 g/mol. The fourth-order valence-electron chi connectivity index (χ4n) is 2.81. The van der Waals surface area contributed by atoms with Crippen molar-refractivity contribution >= 4 is 11.6 Å². The van der Waals surface area contributed by atoms with Gasteiger partial charge in [0.15, 0.2) is 0 Å². The van der Waals surface area contributed by atoms with E-state index in [-0.39, 0.29) is 18.1 Å². The number of nitrogens with one attached hydrogen (secondary N) is 1. The molecule has 0 aromatic heterocycles. The van der Waals surface area contributed by atoms with Gasteiger partial charge in [0.25, 0.3) is 0 Å². The van der Waals surface area contributed by atoms with E-state index in [2.05, 4.69) is 10.2 Å². The lowest BCUT2D eigenvalue weighted by molar-refractivity contribution is -0.121. The van der Waals surface area contributed by atoms with Gasteiger partial charge in [0.1, 0.15) is 0 Å². The van der Waals surface area contributed by atoms with Gasteiger partial charge in [0, 0.05) is 18.8 Å². The van der Waals surface area contributed by atoms with Gasteiger partial charge in [-0.15, -0.1) is 0 Å². The molecule has 0 radical (unpaired) electrons. The molecule has 4 nitrogen and oxygen atoms in total. The van der Waals surface area contributed by atoms with Crippen molar-refractivity contribution in [1.82, 2.24) is 4.90 Å². The molecule has 0 unspecified atom stereocenters. The predicted molar refractivity (Wildman–Crippen MR) is 81.0 cm³/mol. The Morgan fingerprint density at radius 1 is 1.25 bits per heavy atom. The molecule has 0 aliphatic carbocycles. The van der Waals surface area contributed by atoms with Gasteiger partial charge in [0.2, 0.25) is 5.91 Å². The van der Waals surface area contributed by atoms with Crippen LogP contribution in [0.25, 0.3) is 0 Å². The monoisotopic (exact) mass is 276 g/mol. The summed E-state index contributed by atoms with van der Waals surface area (Å²) >= 11 is 0. The number of morpholine rings is 1. The highest BCUT2D eigenvalue weighted by Gasteiger charge is 2.23. The zero-order valence-electron chi connectivity index (χ0n) is 12.8. The SMILES string of the molecule is Cc1cccc(C)c1NC(=O)CN1C[C@H](C)O[C@@H](C)C1. The quantitative estimate of drug-likeness (QED) is 0.921. The molecule has 1 saturated heterocycles. The largest absolute Gasteiger partial charge is 0.373 e. The molecule has 4 heteroatoms. The Hall–Kier alpha value is -1.39. The normalized spacial score (nSPS) is 23.6. The lowest BCUT2D eigenvalue weighted by Gasteiger charge is -2.34. The number of benzene rings is 1. The van der Waals surface area contributed by atoms with Gasteiger partial charge >= 0.3 is 0 Å². The molecule has 1 aromatic rings. The first-order chi connectivity index (χ1) is 9.45. The fourth-order valence-corrected chi connectivity index (χ4v) is 2.81. The van der Waals surface area contributed by atoms with E-state index >= 15 is 0 Å². The number of aryl methyl sites for hydroxylation is 2. The van der Waals surface area contributed by atoms with E-state index in [1.807, 2.05) is 45.9 Å². The summed E-state index contributed by atoms with van der Waals surface area (Å²) in [7, 11) is 0. The lowest BCUT2D eigenvalue weighted by atomic mass is 10.1. The number of hydrogen-bond donors (Lipinski definition) is 1. The molecule has 1 fully saturated rings. The average Bonchev–Trinajstić information content (AvgIpc) is 2.32. The minimum absolute atomic E-state index is 0.0451. The van der Waals surface area contributed by atoms with Crippen LogP contribution in [0.2, 0.25) is 0 Å². The minimum atomic E-state index is 0.0451. The number of carbonyl (C=O) groups is 1. The Labute approximate surface area is 121 Å². The van der Waals surface area contributed by atoms with Crippen LogP contribution in [-0.4, -0.2) is 42.6 Å². The van der Waals surface area contributed by atoms with Crippen molar-refractivity contribution in [3.8, 4) is 0 Å². The van der Waals surface area contributed by atoms with Gasteiger partial charge in [-0.25, -0.2) is 0 Å². The summed E-state index contributed by atoms with van der Waals surface area (Å²) in [6.07, 6.45) is 0.374. The van der Waals surface area contributed by atoms with Crippen LogP contribution in [0.3, 0.4) is 0 Å². The smallest absolute Gasteiger partial charge is 0.238 e. The molecule has 0 saturated carbocycles. The van der Waals surface area contributed by atoms with Crippen LogP contribution in [-0.2, 0) is 9.53 Å². The number of anilines is 1. The number of hydrogen-bond acceptors (Lipinski definition) is 3. The van der Waals surface area contributed by atoms with Crippen LogP contribution in [0.1, 0.15) is 25.0 Å². The molecule has 110 valence electrons. The summed E-state index contributed by atoms with van der Waals surface area (Å²) in [6.45, 7) is 10.2. The molecule has 1 aromatic carbocycles. The van der Waals surface area contributed by atoms with E-state index in [4.69, 9.17) is 4.74 Å². The Bertz CT molecular complexity index is 457. The first-order valence-electron chi connectivity index (χ1n) is 7.19. The van der Waals surface area contributed by atoms with E-state index in [1.54, 1.807) is 0 Å². The molecule has 1 aliphatic rings. The molecule has 2 rings (SSSR count). The Morgan fingerprint density at radius 3 is 2.35 bits per heavy atom. The van der Waals surface area contributed by atoms with Crippen molar-refractivity contribution in [2.24, 2.45) is 0 Å². The van der Waals surface area contributed by atoms with Gasteiger partial charge in [-0.3, -0.25) is 9.69 Å². The Balaban J connectivity index is 1.95. The third kappa shape index (κ3) is 3.81. The second-order valence-electron chi connectivity index (χ2n) is 5.77. The van der Waals surface area contributed by atoms with Gasteiger partial charge in [-0.1, -0.05) is 18.2 Å². The molecule has 20 heavy (non-hydrogen) atoms. The van der Waals surface area contributed by atoms with Crippen LogP contribution < -0.4 is 5.32 Å². The van der Waals surface area contributed by atoms with Crippen molar-refractivity contribution in [2.75, 3.05) is 25.0 Å². The minimum Gasteiger partial charge on any atom is -0.373 e. The summed E-state index contributed by atoms with van der Waals surface area (Å²) in [6, 6.07) is 6.04. The number of amides is 1. The molecule has 2 atom stereocenters. The van der Waals surface area contributed by atoms with Gasteiger partial charge < -0.3 is 10.1 Å². The Morgan fingerprint density at radius 2 is 1.80 bits per heavy atom. The van der Waals surface area contributed by atoms with E-state index in [0.29, 0.717) is 6.54 Å². The zero-order chi connectivity index (χ0) is 14.7. The van der Waals surface area contributed by atoms with E-state index in [1.165, 1.54) is 0 Å². The molecule has 1 amide bonds. The maximum Gasteiger partial charge on any atom is 0.238 e. The van der Waals surface area contributed by atoms with Crippen molar-refractivity contribution in [2.45, 2.75) is 39.9 Å². The molecular weight excluding hydrogens is 252 g/mol. The molecule has 1 aliphatic heterocycles. The predicted octanol–water partition coefficient (Wildman–Crippen LogP) is 2.35. The van der Waals surface area contributed by atoms with Crippen LogP contribution in [0.5, 0.6) is 0 Å². The van der Waals surface area contributed by atoms with Crippen molar-refractivity contribution < 1.29 is 9.53 Å². The fraction of sp³-hybridized carbons (Fsp3) is 0.562. The van der Waals surface area contributed by atoms with Crippen molar-refractivity contribution in [1.29, 1.82) is 0 Å². The summed E-state index contributed by atoms with van der Waals surface area (Å²) < 4.78 is 5.68. The standard InChI is InChI=1S/C16H24N2O2/c1-11-6-5-7-12(2)16(11)17-15(19)10-18-8-13(3)20-14(4)9-18/h5-7,13-14H,8-10H2,1-4H3,(H,17,19)/t13-,14-/m0/s1. The van der Waals surface area contributed by atoms with Crippen molar-refractivity contribution in [3.63, 3.8) is 0 Å². The van der Waals surface area contributed by atoms with E-state index < -0.39 is 0 Å². The van der Waals surface area contributed by atoms with Crippen LogP contribution in [0.4, 0.5) is 5.69 Å². The van der Waals surface area contributed by atoms with Crippen LogP contribution >= 0.6 is 0 Å². The number of rotatable bonds is 3. The number of nitrogens with zero attached hydrogens (tertiary/aromatic N) is 1.